The zero-order valence-electron chi connectivity index (χ0n) is 9.63. The van der Waals surface area contributed by atoms with E-state index in [2.05, 4.69) is 17.5 Å². The van der Waals surface area contributed by atoms with Crippen LogP contribution in [0.2, 0.25) is 0 Å². The Morgan fingerprint density at radius 1 is 1.50 bits per heavy atom. The molecule has 18 heavy (non-hydrogen) atoms. The molecule has 0 saturated carbocycles. The van der Waals surface area contributed by atoms with Crippen LogP contribution in [0.1, 0.15) is 23.5 Å². The van der Waals surface area contributed by atoms with Gasteiger partial charge in [0.2, 0.25) is 0 Å². The Bertz CT molecular complexity index is 586. The fourth-order valence-electron chi connectivity index (χ4n) is 2.91. The van der Waals surface area contributed by atoms with Crippen LogP contribution < -0.4 is 5.32 Å². The third-order valence-corrected chi connectivity index (χ3v) is 3.76. The maximum absolute atomic E-state index is 11.3. The maximum atomic E-state index is 11.3. The predicted molar refractivity (Wildman–Crippen MR) is 66.2 cm³/mol. The zero-order valence-corrected chi connectivity index (χ0v) is 9.63. The molecular formula is C14H12N2O2. The minimum absolute atomic E-state index is 0.0453. The fraction of sp³-hybridized carbons (Fsp3) is 0.286. The first-order valence-electron chi connectivity index (χ1n) is 5.91. The molecule has 0 bridgehead atoms. The summed E-state index contributed by atoms with van der Waals surface area (Å²) in [5, 5.41) is 21.3. The molecule has 1 aliphatic heterocycles. The quantitative estimate of drug-likeness (QED) is 0.737. The Labute approximate surface area is 105 Å². The van der Waals surface area contributed by atoms with E-state index in [1.807, 2.05) is 12.1 Å². The molecule has 4 nitrogen and oxygen atoms in total. The Morgan fingerprint density at radius 2 is 2.33 bits per heavy atom. The number of hydrogen-bond acceptors (Lipinski definition) is 3. The Kier molecular flexibility index (Phi) is 2.34. The van der Waals surface area contributed by atoms with Crippen molar-refractivity contribution in [2.45, 2.75) is 18.4 Å². The van der Waals surface area contributed by atoms with E-state index in [9.17, 15) is 9.90 Å². The van der Waals surface area contributed by atoms with Crippen LogP contribution in [0.3, 0.4) is 0 Å². The van der Waals surface area contributed by atoms with Crippen LogP contribution in [0.4, 0.5) is 5.69 Å². The number of nitriles is 1. The summed E-state index contributed by atoms with van der Waals surface area (Å²) < 4.78 is 0. The van der Waals surface area contributed by atoms with Gasteiger partial charge in [-0.05, 0) is 30.2 Å². The summed E-state index contributed by atoms with van der Waals surface area (Å²) in [6.45, 7) is 0. The van der Waals surface area contributed by atoms with Crippen LogP contribution in [-0.4, -0.2) is 17.1 Å². The van der Waals surface area contributed by atoms with Crippen LogP contribution in [0.5, 0.6) is 0 Å². The number of carboxylic acid groups (broad SMARTS) is 1. The van der Waals surface area contributed by atoms with Gasteiger partial charge in [0, 0.05) is 17.5 Å². The van der Waals surface area contributed by atoms with Crippen molar-refractivity contribution in [2.24, 2.45) is 5.92 Å². The first kappa shape index (κ1) is 10.8. The van der Waals surface area contributed by atoms with Crippen LogP contribution in [-0.2, 0) is 4.79 Å². The second kappa shape index (κ2) is 3.88. The van der Waals surface area contributed by atoms with Crippen molar-refractivity contribution >= 4 is 11.7 Å². The molecule has 0 aromatic heterocycles. The average Bonchev–Trinajstić information content (AvgIpc) is 2.86. The van der Waals surface area contributed by atoms with E-state index in [0.717, 1.165) is 17.7 Å². The minimum atomic E-state index is -0.816. The first-order valence-corrected chi connectivity index (χ1v) is 5.91. The molecule has 0 fully saturated rings. The predicted octanol–water partition coefficient (Wildman–Crippen LogP) is 2.10. The van der Waals surface area contributed by atoms with Crippen molar-refractivity contribution in [3.63, 3.8) is 0 Å². The molecule has 0 radical (unpaired) electrons. The summed E-state index contributed by atoms with van der Waals surface area (Å²) in [7, 11) is 0. The molecule has 0 unspecified atom stereocenters. The lowest BCUT2D eigenvalue weighted by atomic mass is 9.79. The van der Waals surface area contributed by atoms with Gasteiger partial charge in [0.1, 0.15) is 6.04 Å². The number of nitrogens with one attached hydrogen (secondary N) is 1. The number of hydrogen-bond donors (Lipinski definition) is 2. The molecule has 3 atom stereocenters. The van der Waals surface area contributed by atoms with Crippen LogP contribution >= 0.6 is 0 Å². The lowest BCUT2D eigenvalue weighted by Crippen LogP contribution is -2.41. The van der Waals surface area contributed by atoms with Gasteiger partial charge in [0.15, 0.2) is 0 Å². The summed E-state index contributed by atoms with van der Waals surface area (Å²) >= 11 is 0. The van der Waals surface area contributed by atoms with E-state index in [1.54, 1.807) is 12.1 Å². The molecular weight excluding hydrogens is 228 g/mol. The topological polar surface area (TPSA) is 73.1 Å². The van der Waals surface area contributed by atoms with Gasteiger partial charge in [0.25, 0.3) is 0 Å². The standard InChI is InChI=1S/C14H12N2O2/c15-7-8-4-5-12-11(6-8)9-2-1-3-10(9)13(16-12)14(17)18/h1-2,4-6,9-10,13,16H,3H2,(H,17,18)/t9-,10-,13-/m1/s1. The van der Waals surface area contributed by atoms with Gasteiger partial charge in [-0.3, -0.25) is 0 Å². The molecule has 2 N–H and O–H groups in total. The molecule has 1 aromatic rings. The van der Waals surface area contributed by atoms with Crippen molar-refractivity contribution in [2.75, 3.05) is 5.32 Å². The third-order valence-electron chi connectivity index (χ3n) is 3.76. The van der Waals surface area contributed by atoms with Crippen molar-refractivity contribution < 1.29 is 9.90 Å². The van der Waals surface area contributed by atoms with Crippen LogP contribution in [0.25, 0.3) is 0 Å². The summed E-state index contributed by atoms with van der Waals surface area (Å²) in [5.74, 6) is -0.664. The average molecular weight is 240 g/mol. The highest BCUT2D eigenvalue weighted by Crippen LogP contribution is 2.44. The number of carboxylic acids is 1. The second-order valence-electron chi connectivity index (χ2n) is 4.73. The molecule has 0 amide bonds. The Balaban J connectivity index is 2.09. The van der Waals surface area contributed by atoms with Gasteiger partial charge in [-0.15, -0.1) is 0 Å². The van der Waals surface area contributed by atoms with Crippen molar-refractivity contribution in [1.82, 2.24) is 0 Å². The summed E-state index contributed by atoms with van der Waals surface area (Å²) in [4.78, 5) is 11.3. The van der Waals surface area contributed by atoms with E-state index < -0.39 is 12.0 Å². The second-order valence-corrected chi connectivity index (χ2v) is 4.73. The molecule has 0 spiro atoms. The minimum Gasteiger partial charge on any atom is -0.480 e. The summed E-state index contributed by atoms with van der Waals surface area (Å²) in [5.41, 5.74) is 2.47. The van der Waals surface area contributed by atoms with Gasteiger partial charge in [-0.25, -0.2) is 4.79 Å². The van der Waals surface area contributed by atoms with Gasteiger partial charge >= 0.3 is 5.97 Å². The molecule has 1 heterocycles. The van der Waals surface area contributed by atoms with Crippen LogP contribution in [0, 0.1) is 17.2 Å². The van der Waals surface area contributed by atoms with Crippen molar-refractivity contribution in [1.29, 1.82) is 5.26 Å². The molecule has 3 rings (SSSR count). The first-order chi connectivity index (χ1) is 8.70. The Hall–Kier alpha value is -2.28. The number of fused-ring (bicyclic) bond motifs is 3. The maximum Gasteiger partial charge on any atom is 0.326 e. The highest BCUT2D eigenvalue weighted by Gasteiger charge is 2.40. The van der Waals surface area contributed by atoms with E-state index in [1.165, 1.54) is 0 Å². The largest absolute Gasteiger partial charge is 0.480 e. The number of rotatable bonds is 1. The fourth-order valence-corrected chi connectivity index (χ4v) is 2.91. The number of benzene rings is 1. The van der Waals surface area contributed by atoms with Crippen molar-refractivity contribution in [3.05, 3.63) is 41.5 Å². The summed E-state index contributed by atoms with van der Waals surface area (Å²) in [6.07, 6.45) is 4.85. The van der Waals surface area contributed by atoms with Gasteiger partial charge in [-0.2, -0.15) is 5.26 Å². The third kappa shape index (κ3) is 1.48. The molecule has 2 aliphatic rings. The van der Waals surface area contributed by atoms with E-state index >= 15 is 0 Å². The smallest absolute Gasteiger partial charge is 0.326 e. The van der Waals surface area contributed by atoms with Gasteiger partial charge in [0.05, 0.1) is 11.6 Å². The lowest BCUT2D eigenvalue weighted by molar-refractivity contribution is -0.139. The lowest BCUT2D eigenvalue weighted by Gasteiger charge is -2.34. The SMILES string of the molecule is N#Cc1ccc2c(c1)[C@@H]1C=CC[C@H]1[C@H](C(=O)O)N2. The monoisotopic (exact) mass is 240 g/mol. The number of aliphatic carboxylic acids is 1. The molecule has 1 aliphatic carbocycles. The molecule has 0 saturated heterocycles. The summed E-state index contributed by atoms with van der Waals surface area (Å²) in [6, 6.07) is 6.94. The zero-order chi connectivity index (χ0) is 12.7. The molecule has 4 heteroatoms. The normalized spacial score (nSPS) is 27.8. The number of allylic oxidation sites excluding steroid dienone is 2. The van der Waals surface area contributed by atoms with E-state index in [0.29, 0.717) is 5.56 Å². The number of nitrogens with zero attached hydrogens (tertiary/aromatic N) is 1. The van der Waals surface area contributed by atoms with Crippen molar-refractivity contribution in [3.8, 4) is 6.07 Å². The Morgan fingerprint density at radius 3 is 3.06 bits per heavy atom. The number of carbonyl (C=O) groups is 1. The molecule has 90 valence electrons. The van der Waals surface area contributed by atoms with E-state index in [4.69, 9.17) is 5.26 Å². The molecule has 1 aromatic carbocycles. The highest BCUT2D eigenvalue weighted by atomic mass is 16.4. The van der Waals surface area contributed by atoms with Crippen LogP contribution in [0.15, 0.2) is 30.4 Å². The number of anilines is 1. The van der Waals surface area contributed by atoms with Gasteiger partial charge in [-0.1, -0.05) is 12.2 Å². The highest BCUT2D eigenvalue weighted by molar-refractivity contribution is 5.80. The van der Waals surface area contributed by atoms with E-state index in [-0.39, 0.29) is 11.8 Å². The van der Waals surface area contributed by atoms with Gasteiger partial charge < -0.3 is 10.4 Å².